The van der Waals surface area contributed by atoms with E-state index in [4.69, 9.17) is 22.3 Å². The molecule has 0 spiro atoms. The Bertz CT molecular complexity index is 1170. The molecule has 0 unspecified atom stereocenters. The number of thiocarbonyl (C=S) groups is 1. The van der Waals surface area contributed by atoms with E-state index in [2.05, 4.69) is 16.7 Å². The van der Waals surface area contributed by atoms with Crippen LogP contribution in [-0.4, -0.2) is 79.8 Å². The number of carboxylic acid groups (broad SMARTS) is 1. The van der Waals surface area contributed by atoms with Gasteiger partial charge in [-0.3, -0.25) is 23.7 Å². The number of thioether (sulfide) groups is 1. The Kier molecular flexibility index (Phi) is 6.58. The van der Waals surface area contributed by atoms with E-state index < -0.39 is 5.97 Å². The first-order valence-electron chi connectivity index (χ1n) is 10.3. The lowest BCUT2D eigenvalue weighted by Crippen LogP contribution is -2.47. The third-order valence-corrected chi connectivity index (χ3v) is 6.94. The van der Waals surface area contributed by atoms with Gasteiger partial charge in [0.05, 0.1) is 16.9 Å². The van der Waals surface area contributed by atoms with Crippen LogP contribution in [0.5, 0.6) is 0 Å². The predicted octanol–water partition coefficient (Wildman–Crippen LogP) is 1.51. The minimum atomic E-state index is -1.01. The number of fused-ring (bicyclic) bond motifs is 1. The van der Waals surface area contributed by atoms with Crippen molar-refractivity contribution in [2.45, 2.75) is 13.3 Å². The number of hydrogen-bond acceptors (Lipinski definition) is 8. The predicted molar refractivity (Wildman–Crippen MR) is 128 cm³/mol. The Balaban J connectivity index is 1.75. The van der Waals surface area contributed by atoms with Crippen molar-refractivity contribution < 1.29 is 14.7 Å². The van der Waals surface area contributed by atoms with Gasteiger partial charge in [-0.1, -0.05) is 37.0 Å². The fraction of sp³-hybridized carbons (Fsp3) is 0.381. The number of pyridine rings is 1. The molecular weight excluding hydrogens is 450 g/mol. The van der Waals surface area contributed by atoms with Crippen molar-refractivity contribution in [3.63, 3.8) is 0 Å². The minimum Gasteiger partial charge on any atom is -0.481 e. The number of piperazine rings is 1. The molecule has 4 rings (SSSR count). The smallest absolute Gasteiger partial charge is 0.305 e. The second-order valence-electron chi connectivity index (χ2n) is 7.48. The van der Waals surface area contributed by atoms with Crippen molar-refractivity contribution >= 4 is 57.7 Å². The van der Waals surface area contributed by atoms with E-state index in [-0.39, 0.29) is 28.8 Å². The highest BCUT2D eigenvalue weighted by Crippen LogP contribution is 2.33. The van der Waals surface area contributed by atoms with Gasteiger partial charge in [0.2, 0.25) is 0 Å². The van der Waals surface area contributed by atoms with Crippen molar-refractivity contribution in [2.75, 3.05) is 44.2 Å². The molecule has 1 N–H and O–H groups in total. The molecule has 1 amide bonds. The van der Waals surface area contributed by atoms with Gasteiger partial charge in [0.1, 0.15) is 15.8 Å². The third kappa shape index (κ3) is 4.41. The Labute approximate surface area is 194 Å². The van der Waals surface area contributed by atoms with Crippen LogP contribution in [0, 0.1) is 0 Å². The standard InChI is InChI=1S/C21H23N5O4S2/c1-2-23-9-11-24(12-10-23)18-14(19(29)25-7-4-3-5-16(25)22-18)13-15-20(30)26(21(31)32-15)8-6-17(27)28/h3-5,7,13H,2,6,8-12H2,1H3,(H,27,28). The summed E-state index contributed by atoms with van der Waals surface area (Å²) in [5.74, 6) is -0.846. The lowest BCUT2D eigenvalue weighted by Gasteiger charge is -2.35. The summed E-state index contributed by atoms with van der Waals surface area (Å²) in [7, 11) is 0. The molecule has 2 aromatic heterocycles. The molecule has 0 atom stereocenters. The number of rotatable bonds is 6. The zero-order valence-corrected chi connectivity index (χ0v) is 19.2. The summed E-state index contributed by atoms with van der Waals surface area (Å²) in [6.07, 6.45) is 3.00. The van der Waals surface area contributed by atoms with Gasteiger partial charge < -0.3 is 14.9 Å². The van der Waals surface area contributed by atoms with Crippen LogP contribution in [0.15, 0.2) is 34.1 Å². The monoisotopic (exact) mass is 473 g/mol. The van der Waals surface area contributed by atoms with Crippen molar-refractivity contribution in [3.05, 3.63) is 45.2 Å². The zero-order chi connectivity index (χ0) is 22.8. The molecule has 0 aliphatic carbocycles. The topological polar surface area (TPSA) is 98.5 Å². The normalized spacial score (nSPS) is 18.8. The number of amides is 1. The Morgan fingerprint density at radius 3 is 2.69 bits per heavy atom. The lowest BCUT2D eigenvalue weighted by atomic mass is 10.2. The van der Waals surface area contributed by atoms with Gasteiger partial charge in [-0.15, -0.1) is 0 Å². The van der Waals surface area contributed by atoms with E-state index in [1.165, 1.54) is 9.30 Å². The molecule has 0 aromatic carbocycles. The maximum atomic E-state index is 13.4. The van der Waals surface area contributed by atoms with Gasteiger partial charge in [-0.2, -0.15) is 0 Å². The lowest BCUT2D eigenvalue weighted by molar-refractivity contribution is -0.137. The fourth-order valence-electron chi connectivity index (χ4n) is 3.77. The highest BCUT2D eigenvalue weighted by atomic mass is 32.2. The molecule has 168 valence electrons. The van der Waals surface area contributed by atoms with E-state index in [0.29, 0.717) is 21.9 Å². The molecule has 9 nitrogen and oxygen atoms in total. The van der Waals surface area contributed by atoms with Gasteiger partial charge >= 0.3 is 5.97 Å². The first kappa shape index (κ1) is 22.4. The third-order valence-electron chi connectivity index (χ3n) is 5.57. The Hall–Kier alpha value is -2.76. The number of aliphatic carboxylic acids is 1. The molecule has 2 saturated heterocycles. The SMILES string of the molecule is CCN1CCN(c2nc3ccccn3c(=O)c2C=C2SC(=S)N(CCC(=O)O)C2=O)CC1. The fourth-order valence-corrected chi connectivity index (χ4v) is 5.06. The number of carbonyl (C=O) groups is 2. The molecule has 2 aromatic rings. The van der Waals surface area contributed by atoms with E-state index in [0.717, 1.165) is 44.5 Å². The maximum Gasteiger partial charge on any atom is 0.305 e. The molecule has 2 fully saturated rings. The maximum absolute atomic E-state index is 13.4. The van der Waals surface area contributed by atoms with E-state index in [9.17, 15) is 14.4 Å². The number of likely N-dealkylation sites (N-methyl/N-ethyl adjacent to an activating group) is 1. The van der Waals surface area contributed by atoms with Crippen molar-refractivity contribution in [1.29, 1.82) is 0 Å². The van der Waals surface area contributed by atoms with Crippen LogP contribution in [0.2, 0.25) is 0 Å². The number of hydrogen-bond donors (Lipinski definition) is 1. The van der Waals surface area contributed by atoms with Crippen LogP contribution >= 0.6 is 24.0 Å². The molecule has 2 aliphatic rings. The molecule has 0 radical (unpaired) electrons. The first-order valence-corrected chi connectivity index (χ1v) is 11.6. The summed E-state index contributed by atoms with van der Waals surface area (Å²) in [4.78, 5) is 47.9. The van der Waals surface area contributed by atoms with Gasteiger partial charge in [-0.05, 0) is 24.8 Å². The van der Waals surface area contributed by atoms with Gasteiger partial charge in [0.15, 0.2) is 0 Å². The van der Waals surface area contributed by atoms with Gasteiger partial charge in [0, 0.05) is 38.9 Å². The van der Waals surface area contributed by atoms with Crippen molar-refractivity contribution in [1.82, 2.24) is 19.2 Å². The highest BCUT2D eigenvalue weighted by Gasteiger charge is 2.33. The van der Waals surface area contributed by atoms with E-state index >= 15 is 0 Å². The molecule has 0 saturated carbocycles. The number of aromatic nitrogens is 2. The van der Waals surface area contributed by atoms with Crippen LogP contribution < -0.4 is 10.5 Å². The van der Waals surface area contributed by atoms with Crippen LogP contribution in [0.3, 0.4) is 0 Å². The number of nitrogens with zero attached hydrogens (tertiary/aromatic N) is 5. The summed E-state index contributed by atoms with van der Waals surface area (Å²) in [5, 5.41) is 8.94. The molecule has 2 aliphatic heterocycles. The average Bonchev–Trinajstić information content (AvgIpc) is 3.06. The summed E-state index contributed by atoms with van der Waals surface area (Å²) < 4.78 is 1.75. The van der Waals surface area contributed by atoms with Crippen LogP contribution in [0.1, 0.15) is 18.9 Å². The Morgan fingerprint density at radius 1 is 1.25 bits per heavy atom. The molecule has 11 heteroatoms. The average molecular weight is 474 g/mol. The van der Waals surface area contributed by atoms with Crippen molar-refractivity contribution in [2.24, 2.45) is 0 Å². The van der Waals surface area contributed by atoms with E-state index in [1.807, 2.05) is 6.07 Å². The summed E-state index contributed by atoms with van der Waals surface area (Å²) in [5.41, 5.74) is 0.605. The van der Waals surface area contributed by atoms with Crippen molar-refractivity contribution in [3.8, 4) is 0 Å². The summed E-state index contributed by atoms with van der Waals surface area (Å²) >= 11 is 6.35. The zero-order valence-electron chi connectivity index (χ0n) is 17.6. The first-order chi connectivity index (χ1) is 15.4. The quantitative estimate of drug-likeness (QED) is 0.494. The molecule has 4 heterocycles. The van der Waals surface area contributed by atoms with Gasteiger partial charge in [-0.25, -0.2) is 4.98 Å². The highest BCUT2D eigenvalue weighted by molar-refractivity contribution is 8.26. The number of carboxylic acids is 1. The molecule has 32 heavy (non-hydrogen) atoms. The van der Waals surface area contributed by atoms with Crippen LogP contribution in [-0.2, 0) is 9.59 Å². The largest absolute Gasteiger partial charge is 0.481 e. The van der Waals surface area contributed by atoms with Gasteiger partial charge in [0.25, 0.3) is 11.5 Å². The summed E-state index contributed by atoms with van der Waals surface area (Å²) in [6.45, 7) is 6.26. The number of carbonyl (C=O) groups excluding carboxylic acids is 1. The van der Waals surface area contributed by atoms with Crippen LogP contribution in [0.25, 0.3) is 11.7 Å². The second kappa shape index (κ2) is 9.39. The minimum absolute atomic E-state index is 0.00186. The second-order valence-corrected chi connectivity index (χ2v) is 9.16. The molecule has 0 bridgehead atoms. The summed E-state index contributed by atoms with van der Waals surface area (Å²) in [6, 6.07) is 5.36. The Morgan fingerprint density at radius 2 is 2.00 bits per heavy atom. The van der Waals surface area contributed by atoms with Crippen LogP contribution in [0.4, 0.5) is 5.82 Å². The molecular formula is C21H23N5O4S2. The number of anilines is 1. The van der Waals surface area contributed by atoms with E-state index in [1.54, 1.807) is 24.4 Å².